The first-order valence-corrected chi connectivity index (χ1v) is 11.0. The number of hydrogen-bond acceptors (Lipinski definition) is 5. The summed E-state index contributed by atoms with van der Waals surface area (Å²) in [4.78, 5) is 32.7. The molecule has 2 aromatic rings. The number of aliphatic carboxylic acids is 2. The van der Waals surface area contributed by atoms with Crippen molar-refractivity contribution in [2.75, 3.05) is 25.0 Å². The third-order valence-electron chi connectivity index (χ3n) is 5.13. The van der Waals surface area contributed by atoms with Crippen molar-refractivity contribution >= 4 is 35.1 Å². The number of rotatable bonds is 6. The van der Waals surface area contributed by atoms with Gasteiger partial charge in [-0.3, -0.25) is 9.69 Å². The molecule has 0 saturated carbocycles. The van der Waals surface area contributed by atoms with Crippen molar-refractivity contribution in [2.24, 2.45) is 0 Å². The zero-order valence-electron chi connectivity index (χ0n) is 18.5. The van der Waals surface area contributed by atoms with Crippen molar-refractivity contribution in [3.8, 4) is 0 Å². The first kappa shape index (κ1) is 28.1. The van der Waals surface area contributed by atoms with Gasteiger partial charge in [0.2, 0.25) is 5.91 Å². The van der Waals surface area contributed by atoms with E-state index in [1.54, 1.807) is 0 Å². The average Bonchev–Trinajstić information content (AvgIpc) is 2.80. The smallest absolute Gasteiger partial charge is 0.418 e. The highest BCUT2D eigenvalue weighted by molar-refractivity contribution is 6.30. The Hall–Kier alpha value is -3.15. The molecule has 0 aliphatic carbocycles. The van der Waals surface area contributed by atoms with Crippen molar-refractivity contribution in [2.45, 2.75) is 31.6 Å². The van der Waals surface area contributed by atoms with E-state index < -0.39 is 29.6 Å². The summed E-state index contributed by atoms with van der Waals surface area (Å²) in [6, 6.07) is 13.7. The molecule has 4 N–H and O–H groups in total. The van der Waals surface area contributed by atoms with E-state index in [0.29, 0.717) is 0 Å². The number of halogens is 4. The lowest BCUT2D eigenvalue weighted by molar-refractivity contribution is -0.159. The zero-order chi connectivity index (χ0) is 26.0. The molecular formula is C23H25ClF3N3O5. The van der Waals surface area contributed by atoms with Crippen molar-refractivity contribution in [3.05, 3.63) is 64.7 Å². The predicted molar refractivity (Wildman–Crippen MR) is 123 cm³/mol. The van der Waals surface area contributed by atoms with Crippen LogP contribution >= 0.6 is 11.6 Å². The van der Waals surface area contributed by atoms with Crippen LogP contribution in [-0.2, 0) is 27.1 Å². The fraction of sp³-hybridized carbons (Fsp3) is 0.348. The summed E-state index contributed by atoms with van der Waals surface area (Å²) in [6.07, 6.45) is -2.82. The van der Waals surface area contributed by atoms with Gasteiger partial charge in [-0.2, -0.15) is 13.2 Å². The molecule has 0 aromatic heterocycles. The van der Waals surface area contributed by atoms with Crippen LogP contribution in [0, 0.1) is 0 Å². The topological polar surface area (TPSA) is 119 Å². The second kappa shape index (κ2) is 13.1. The molecule has 0 bridgehead atoms. The second-order valence-corrected chi connectivity index (χ2v) is 8.20. The number of amides is 1. The Morgan fingerprint density at radius 3 is 2.14 bits per heavy atom. The third-order valence-corrected chi connectivity index (χ3v) is 5.37. The Balaban J connectivity index is 0.000000641. The fourth-order valence-electron chi connectivity index (χ4n) is 3.43. The lowest BCUT2D eigenvalue weighted by atomic mass is 10.0. The SMILES string of the molecule is O=C(CNC1CCN(Cc2ccccc2)CC1)Nc1ccc(Cl)cc1C(F)(F)F.O=C(O)C(=O)O. The molecule has 3 rings (SSSR count). The highest BCUT2D eigenvalue weighted by Crippen LogP contribution is 2.36. The van der Waals surface area contributed by atoms with Crippen molar-refractivity contribution in [1.82, 2.24) is 10.2 Å². The molecule has 0 unspecified atom stereocenters. The maximum absolute atomic E-state index is 13.1. The quantitative estimate of drug-likeness (QED) is 0.433. The Labute approximate surface area is 204 Å². The van der Waals surface area contributed by atoms with E-state index in [9.17, 15) is 18.0 Å². The van der Waals surface area contributed by atoms with Crippen LogP contribution in [0.2, 0.25) is 5.02 Å². The number of carboxylic acid groups (broad SMARTS) is 2. The minimum absolute atomic E-state index is 0.0317. The number of alkyl halides is 3. The fourth-order valence-corrected chi connectivity index (χ4v) is 3.60. The average molecular weight is 516 g/mol. The minimum atomic E-state index is -4.59. The van der Waals surface area contributed by atoms with Gasteiger partial charge in [0.25, 0.3) is 0 Å². The number of hydrogen-bond donors (Lipinski definition) is 4. The number of likely N-dealkylation sites (tertiary alicyclic amines) is 1. The van der Waals surface area contributed by atoms with Gasteiger partial charge in [-0.15, -0.1) is 0 Å². The number of nitrogens with one attached hydrogen (secondary N) is 2. The molecular weight excluding hydrogens is 491 g/mol. The van der Waals surface area contributed by atoms with Gasteiger partial charge >= 0.3 is 18.1 Å². The molecule has 0 atom stereocenters. The third kappa shape index (κ3) is 9.93. The first-order chi connectivity index (χ1) is 16.5. The van der Waals surface area contributed by atoms with E-state index in [2.05, 4.69) is 27.7 Å². The van der Waals surface area contributed by atoms with Gasteiger partial charge < -0.3 is 20.8 Å². The lowest BCUT2D eigenvalue weighted by Gasteiger charge is -2.32. The van der Waals surface area contributed by atoms with E-state index in [4.69, 9.17) is 31.4 Å². The Morgan fingerprint density at radius 2 is 1.60 bits per heavy atom. The number of anilines is 1. The van der Waals surface area contributed by atoms with E-state index in [1.807, 2.05) is 18.2 Å². The van der Waals surface area contributed by atoms with E-state index in [-0.39, 0.29) is 23.3 Å². The van der Waals surface area contributed by atoms with Crippen molar-refractivity contribution < 1.29 is 37.8 Å². The summed E-state index contributed by atoms with van der Waals surface area (Å²) in [7, 11) is 0. The molecule has 0 radical (unpaired) electrons. The Bertz CT molecular complexity index is 1000. The number of carbonyl (C=O) groups excluding carboxylic acids is 1. The standard InChI is InChI=1S/C21H23ClF3N3O.C2H2O4/c22-16-6-7-19(18(12-16)21(23,24)25)27-20(29)13-26-17-8-10-28(11-9-17)14-15-4-2-1-3-5-15;3-1(4)2(5)6/h1-7,12,17,26H,8-11,13-14H2,(H,27,29);(H,3,4)(H,5,6). The number of carboxylic acids is 2. The van der Waals surface area contributed by atoms with E-state index in [1.165, 1.54) is 17.7 Å². The summed E-state index contributed by atoms with van der Waals surface area (Å²) in [5.41, 5.74) is 0.0284. The zero-order valence-corrected chi connectivity index (χ0v) is 19.3. The monoisotopic (exact) mass is 515 g/mol. The van der Waals surface area contributed by atoms with E-state index >= 15 is 0 Å². The van der Waals surface area contributed by atoms with Crippen LogP contribution < -0.4 is 10.6 Å². The van der Waals surface area contributed by atoms with Gasteiger partial charge in [0, 0.05) is 17.6 Å². The molecule has 0 spiro atoms. The lowest BCUT2D eigenvalue weighted by Crippen LogP contribution is -2.44. The number of piperidine rings is 1. The first-order valence-electron chi connectivity index (χ1n) is 10.6. The summed E-state index contributed by atoms with van der Waals surface area (Å²) < 4.78 is 39.4. The molecule has 1 saturated heterocycles. The molecule has 1 heterocycles. The Morgan fingerprint density at radius 1 is 1.00 bits per heavy atom. The second-order valence-electron chi connectivity index (χ2n) is 7.76. The molecule has 12 heteroatoms. The Kier molecular flexibility index (Phi) is 10.5. The summed E-state index contributed by atoms with van der Waals surface area (Å²) >= 11 is 5.66. The summed E-state index contributed by atoms with van der Waals surface area (Å²) in [5.74, 6) is -4.16. The van der Waals surface area contributed by atoms with Gasteiger partial charge in [0.05, 0.1) is 17.8 Å². The van der Waals surface area contributed by atoms with Crippen LogP contribution in [0.4, 0.5) is 18.9 Å². The van der Waals surface area contributed by atoms with Crippen LogP contribution in [0.3, 0.4) is 0 Å². The molecule has 1 aliphatic rings. The molecule has 190 valence electrons. The maximum atomic E-state index is 13.1. The van der Waals surface area contributed by atoms with Gasteiger partial charge in [0.15, 0.2) is 0 Å². The predicted octanol–water partition coefficient (Wildman–Crippen LogP) is 3.71. The highest BCUT2D eigenvalue weighted by atomic mass is 35.5. The molecule has 1 amide bonds. The molecule has 1 fully saturated rings. The van der Waals surface area contributed by atoms with Gasteiger partial charge in [-0.05, 0) is 49.7 Å². The highest BCUT2D eigenvalue weighted by Gasteiger charge is 2.34. The number of benzene rings is 2. The summed E-state index contributed by atoms with van der Waals surface area (Å²) in [6.45, 7) is 2.67. The largest absolute Gasteiger partial charge is 0.473 e. The minimum Gasteiger partial charge on any atom is -0.473 e. The normalized spacial score (nSPS) is 14.5. The van der Waals surface area contributed by atoms with Gasteiger partial charge in [0.1, 0.15) is 0 Å². The van der Waals surface area contributed by atoms with Crippen LogP contribution in [-0.4, -0.2) is 58.6 Å². The molecule has 2 aromatic carbocycles. The van der Waals surface area contributed by atoms with Crippen LogP contribution in [0.25, 0.3) is 0 Å². The molecule has 35 heavy (non-hydrogen) atoms. The summed E-state index contributed by atoms with van der Waals surface area (Å²) in [5, 5.41) is 20.2. The maximum Gasteiger partial charge on any atom is 0.418 e. The molecule has 1 aliphatic heterocycles. The number of nitrogens with zero attached hydrogens (tertiary/aromatic N) is 1. The number of carbonyl (C=O) groups is 3. The van der Waals surface area contributed by atoms with Crippen LogP contribution in [0.5, 0.6) is 0 Å². The molecule has 8 nitrogen and oxygen atoms in total. The van der Waals surface area contributed by atoms with Crippen LogP contribution in [0.15, 0.2) is 48.5 Å². The van der Waals surface area contributed by atoms with Crippen LogP contribution in [0.1, 0.15) is 24.0 Å². The van der Waals surface area contributed by atoms with Crippen molar-refractivity contribution in [3.63, 3.8) is 0 Å². The van der Waals surface area contributed by atoms with E-state index in [0.717, 1.165) is 38.5 Å². The van der Waals surface area contributed by atoms with Crippen molar-refractivity contribution in [1.29, 1.82) is 0 Å². The van der Waals surface area contributed by atoms with Gasteiger partial charge in [-0.25, -0.2) is 9.59 Å². The van der Waals surface area contributed by atoms with Gasteiger partial charge in [-0.1, -0.05) is 41.9 Å².